The van der Waals surface area contributed by atoms with Gasteiger partial charge in [0.25, 0.3) is 0 Å². The summed E-state index contributed by atoms with van der Waals surface area (Å²) in [5.41, 5.74) is 1.34. The molecule has 0 aliphatic heterocycles. The van der Waals surface area contributed by atoms with Crippen molar-refractivity contribution in [3.05, 3.63) is 42.0 Å². The van der Waals surface area contributed by atoms with Gasteiger partial charge >= 0.3 is 0 Å². The fourth-order valence-electron chi connectivity index (χ4n) is 2.02. The third kappa shape index (κ3) is 1.98. The van der Waals surface area contributed by atoms with Crippen molar-refractivity contribution in [2.45, 2.75) is 19.3 Å². The quantitative estimate of drug-likeness (QED) is 0.662. The van der Waals surface area contributed by atoms with Crippen LogP contribution in [0.4, 0.5) is 0 Å². The van der Waals surface area contributed by atoms with Gasteiger partial charge in [0, 0.05) is 0 Å². The molecule has 0 unspecified atom stereocenters. The number of rotatable bonds is 3. The molecule has 1 aliphatic rings. The third-order valence-corrected chi connectivity index (χ3v) is 2.81. The summed E-state index contributed by atoms with van der Waals surface area (Å²) in [5.74, 6) is 1.81. The summed E-state index contributed by atoms with van der Waals surface area (Å²) < 4.78 is 5.34. The molecule has 0 fully saturated rings. The van der Waals surface area contributed by atoms with Crippen LogP contribution >= 0.6 is 0 Å². The Morgan fingerprint density at radius 2 is 1.93 bits per heavy atom. The first-order chi connectivity index (χ1) is 6.90. The van der Waals surface area contributed by atoms with Crippen molar-refractivity contribution in [1.82, 2.24) is 0 Å². The number of hydrogen-bond donors (Lipinski definition) is 0. The van der Waals surface area contributed by atoms with Crippen molar-refractivity contribution in [3.8, 4) is 5.75 Å². The van der Waals surface area contributed by atoms with E-state index in [2.05, 4.69) is 24.3 Å². The molecule has 1 aromatic carbocycles. The van der Waals surface area contributed by atoms with Crippen molar-refractivity contribution < 1.29 is 4.74 Å². The van der Waals surface area contributed by atoms with Gasteiger partial charge in [-0.3, -0.25) is 0 Å². The zero-order chi connectivity index (χ0) is 9.80. The molecule has 0 spiro atoms. The highest BCUT2D eigenvalue weighted by molar-refractivity contribution is 5.33. The summed E-state index contributed by atoms with van der Waals surface area (Å²) in [4.78, 5) is 0. The smallest absolute Gasteiger partial charge is 0.122 e. The van der Waals surface area contributed by atoms with E-state index in [1.54, 1.807) is 7.11 Å². The second kappa shape index (κ2) is 4.32. The molecule has 1 heteroatoms. The molecule has 0 saturated heterocycles. The highest BCUT2D eigenvalue weighted by Crippen LogP contribution is 2.27. The van der Waals surface area contributed by atoms with Crippen LogP contribution < -0.4 is 4.74 Å². The van der Waals surface area contributed by atoms with Gasteiger partial charge in [0.2, 0.25) is 0 Å². The lowest BCUT2D eigenvalue weighted by Gasteiger charge is -2.12. The van der Waals surface area contributed by atoms with Crippen LogP contribution in [0, 0.1) is 5.92 Å². The van der Waals surface area contributed by atoms with Gasteiger partial charge in [0.15, 0.2) is 0 Å². The average molecular weight is 188 g/mol. The summed E-state index contributed by atoms with van der Waals surface area (Å²) >= 11 is 0. The molecule has 0 saturated carbocycles. The molecular weight excluding hydrogens is 172 g/mol. The minimum absolute atomic E-state index is 0.784. The van der Waals surface area contributed by atoms with Gasteiger partial charge < -0.3 is 4.74 Å². The third-order valence-electron chi connectivity index (χ3n) is 2.81. The number of benzene rings is 1. The normalized spacial score (nSPS) is 16.1. The zero-order valence-corrected chi connectivity index (χ0v) is 8.57. The van der Waals surface area contributed by atoms with E-state index in [9.17, 15) is 0 Å². The summed E-state index contributed by atoms with van der Waals surface area (Å²) in [6, 6.07) is 8.31. The number of methoxy groups -OCH3 is 1. The Kier molecular flexibility index (Phi) is 2.87. The van der Waals surface area contributed by atoms with Crippen LogP contribution in [0.15, 0.2) is 36.4 Å². The van der Waals surface area contributed by atoms with Crippen molar-refractivity contribution in [2.24, 2.45) is 5.92 Å². The molecule has 1 nitrogen and oxygen atoms in total. The SMILES string of the molecule is COc1ccccc1CC1CC=CC1. The summed E-state index contributed by atoms with van der Waals surface area (Å²) in [7, 11) is 1.74. The molecule has 0 N–H and O–H groups in total. The lowest BCUT2D eigenvalue weighted by Crippen LogP contribution is -2.01. The van der Waals surface area contributed by atoms with E-state index >= 15 is 0 Å². The topological polar surface area (TPSA) is 9.23 Å². The van der Waals surface area contributed by atoms with E-state index in [1.807, 2.05) is 12.1 Å². The second-order valence-corrected chi connectivity index (χ2v) is 3.82. The van der Waals surface area contributed by atoms with Crippen molar-refractivity contribution in [2.75, 3.05) is 7.11 Å². The maximum atomic E-state index is 5.34. The van der Waals surface area contributed by atoms with E-state index < -0.39 is 0 Å². The highest BCUT2D eigenvalue weighted by atomic mass is 16.5. The van der Waals surface area contributed by atoms with Gasteiger partial charge in [-0.25, -0.2) is 0 Å². The van der Waals surface area contributed by atoms with Gasteiger partial charge in [0.1, 0.15) is 5.75 Å². The Balaban J connectivity index is 2.07. The van der Waals surface area contributed by atoms with Crippen LogP contribution in [0.5, 0.6) is 5.75 Å². The Bertz CT molecular complexity index is 320. The Hall–Kier alpha value is -1.24. The summed E-state index contributed by atoms with van der Waals surface area (Å²) in [6.45, 7) is 0. The van der Waals surface area contributed by atoms with Crippen LogP contribution in [0.1, 0.15) is 18.4 Å². The predicted octanol–water partition coefficient (Wildman–Crippen LogP) is 3.20. The van der Waals surface area contributed by atoms with Gasteiger partial charge in [0.05, 0.1) is 7.11 Å². The monoisotopic (exact) mass is 188 g/mol. The minimum atomic E-state index is 0.784. The van der Waals surface area contributed by atoms with Crippen molar-refractivity contribution in [1.29, 1.82) is 0 Å². The standard InChI is InChI=1S/C13H16O/c1-14-13-9-5-4-8-12(13)10-11-6-2-3-7-11/h2-5,8-9,11H,6-7,10H2,1H3. The number of hydrogen-bond acceptors (Lipinski definition) is 1. The number of allylic oxidation sites excluding steroid dienone is 2. The molecule has 0 aromatic heterocycles. The largest absolute Gasteiger partial charge is 0.496 e. The van der Waals surface area contributed by atoms with Crippen LogP contribution in [-0.2, 0) is 6.42 Å². The fourth-order valence-corrected chi connectivity index (χ4v) is 2.02. The molecule has 0 amide bonds. The summed E-state index contributed by atoms with van der Waals surface area (Å²) in [5, 5.41) is 0. The van der Waals surface area contributed by atoms with Gasteiger partial charge in [-0.2, -0.15) is 0 Å². The Morgan fingerprint density at radius 1 is 1.21 bits per heavy atom. The molecule has 0 atom stereocenters. The van der Waals surface area contributed by atoms with Gasteiger partial charge in [-0.15, -0.1) is 0 Å². The average Bonchev–Trinajstić information content (AvgIpc) is 2.71. The lowest BCUT2D eigenvalue weighted by molar-refractivity contribution is 0.405. The fraction of sp³-hybridized carbons (Fsp3) is 0.385. The van der Waals surface area contributed by atoms with Crippen LogP contribution in [0.25, 0.3) is 0 Å². The van der Waals surface area contributed by atoms with Crippen LogP contribution in [-0.4, -0.2) is 7.11 Å². The van der Waals surface area contributed by atoms with E-state index in [0.717, 1.165) is 18.1 Å². The lowest BCUT2D eigenvalue weighted by atomic mass is 9.97. The maximum absolute atomic E-state index is 5.34. The number of ether oxygens (including phenoxy) is 1. The first-order valence-corrected chi connectivity index (χ1v) is 5.17. The second-order valence-electron chi connectivity index (χ2n) is 3.82. The molecule has 1 aliphatic carbocycles. The van der Waals surface area contributed by atoms with Crippen molar-refractivity contribution in [3.63, 3.8) is 0 Å². The van der Waals surface area contributed by atoms with Gasteiger partial charge in [-0.1, -0.05) is 30.4 Å². The molecule has 0 radical (unpaired) electrons. The molecule has 14 heavy (non-hydrogen) atoms. The molecule has 0 bridgehead atoms. The van der Waals surface area contributed by atoms with Crippen molar-refractivity contribution >= 4 is 0 Å². The first-order valence-electron chi connectivity index (χ1n) is 5.17. The molecule has 1 aromatic rings. The maximum Gasteiger partial charge on any atom is 0.122 e. The van der Waals surface area contributed by atoms with E-state index in [0.29, 0.717) is 0 Å². The number of para-hydroxylation sites is 1. The zero-order valence-electron chi connectivity index (χ0n) is 8.57. The molecule has 0 heterocycles. The Morgan fingerprint density at radius 3 is 2.64 bits per heavy atom. The Labute approximate surface area is 85.4 Å². The van der Waals surface area contributed by atoms with Gasteiger partial charge in [-0.05, 0) is 36.8 Å². The predicted molar refractivity (Wildman–Crippen MR) is 58.6 cm³/mol. The first kappa shape index (κ1) is 9.32. The summed E-state index contributed by atoms with van der Waals surface area (Å²) in [6.07, 6.45) is 8.13. The van der Waals surface area contributed by atoms with E-state index in [1.165, 1.54) is 18.4 Å². The molecular formula is C13H16O. The highest BCUT2D eigenvalue weighted by Gasteiger charge is 2.12. The van der Waals surface area contributed by atoms with Crippen LogP contribution in [0.2, 0.25) is 0 Å². The van der Waals surface area contributed by atoms with E-state index in [-0.39, 0.29) is 0 Å². The molecule has 2 rings (SSSR count). The molecule has 74 valence electrons. The van der Waals surface area contributed by atoms with E-state index in [4.69, 9.17) is 4.74 Å². The minimum Gasteiger partial charge on any atom is -0.496 e. The van der Waals surface area contributed by atoms with Crippen LogP contribution in [0.3, 0.4) is 0 Å².